The van der Waals surface area contributed by atoms with Gasteiger partial charge in [0.15, 0.2) is 0 Å². The standard InChI is InChI=1S/C18H25N3O2/c1-3-9-19-13-17(22)20-16-6-4-5-15(12-16)18(23)21-10-7-14(2)8-11-21/h3-6,12,14,19H,1,7-11,13H2,2H3,(H,20,22). The van der Waals surface area contributed by atoms with Crippen LogP contribution in [0, 0.1) is 5.92 Å². The first kappa shape index (κ1) is 17.2. The van der Waals surface area contributed by atoms with Gasteiger partial charge in [0.2, 0.25) is 5.91 Å². The van der Waals surface area contributed by atoms with E-state index in [0.717, 1.165) is 25.9 Å². The number of nitrogens with zero attached hydrogens (tertiary/aromatic N) is 1. The molecule has 2 amide bonds. The number of amides is 2. The quantitative estimate of drug-likeness (QED) is 0.625. The Morgan fingerprint density at radius 3 is 2.78 bits per heavy atom. The first-order valence-electron chi connectivity index (χ1n) is 8.11. The molecule has 2 rings (SSSR count). The number of likely N-dealkylation sites (tertiary alicyclic amines) is 1. The van der Waals surface area contributed by atoms with Crippen molar-refractivity contribution < 1.29 is 9.59 Å². The van der Waals surface area contributed by atoms with Crippen LogP contribution in [-0.2, 0) is 4.79 Å². The van der Waals surface area contributed by atoms with Crippen molar-refractivity contribution in [2.75, 3.05) is 31.5 Å². The molecular formula is C18H25N3O2. The third kappa shape index (κ3) is 5.21. The van der Waals surface area contributed by atoms with E-state index in [-0.39, 0.29) is 18.4 Å². The van der Waals surface area contributed by atoms with Crippen molar-refractivity contribution in [3.63, 3.8) is 0 Å². The lowest BCUT2D eigenvalue weighted by atomic mass is 9.98. The molecule has 2 N–H and O–H groups in total. The number of nitrogens with one attached hydrogen (secondary N) is 2. The minimum atomic E-state index is -0.136. The third-order valence-corrected chi connectivity index (χ3v) is 4.04. The molecule has 1 fully saturated rings. The van der Waals surface area contributed by atoms with Crippen molar-refractivity contribution in [1.82, 2.24) is 10.2 Å². The average molecular weight is 315 g/mol. The molecule has 23 heavy (non-hydrogen) atoms. The molecule has 1 aromatic carbocycles. The third-order valence-electron chi connectivity index (χ3n) is 4.04. The van der Waals surface area contributed by atoms with Crippen LogP contribution in [0.4, 0.5) is 5.69 Å². The summed E-state index contributed by atoms with van der Waals surface area (Å²) in [6, 6.07) is 7.13. The first-order chi connectivity index (χ1) is 11.1. The van der Waals surface area contributed by atoms with Crippen molar-refractivity contribution in [1.29, 1.82) is 0 Å². The van der Waals surface area contributed by atoms with Gasteiger partial charge >= 0.3 is 0 Å². The Kier molecular flexibility index (Phi) is 6.35. The van der Waals surface area contributed by atoms with Crippen molar-refractivity contribution in [2.24, 2.45) is 5.92 Å². The van der Waals surface area contributed by atoms with Crippen LogP contribution in [0.2, 0.25) is 0 Å². The van der Waals surface area contributed by atoms with E-state index in [0.29, 0.717) is 23.7 Å². The summed E-state index contributed by atoms with van der Waals surface area (Å²) in [4.78, 5) is 26.2. The Morgan fingerprint density at radius 2 is 2.09 bits per heavy atom. The van der Waals surface area contributed by atoms with Crippen molar-refractivity contribution in [2.45, 2.75) is 19.8 Å². The maximum atomic E-state index is 12.5. The van der Waals surface area contributed by atoms with Crippen molar-refractivity contribution in [3.8, 4) is 0 Å². The van der Waals surface area contributed by atoms with Crippen molar-refractivity contribution in [3.05, 3.63) is 42.5 Å². The summed E-state index contributed by atoms with van der Waals surface area (Å²) in [6.07, 6.45) is 3.81. The van der Waals surface area contributed by atoms with Gasteiger partial charge in [-0.05, 0) is 37.0 Å². The van der Waals surface area contributed by atoms with Crippen LogP contribution in [0.1, 0.15) is 30.1 Å². The van der Waals surface area contributed by atoms with E-state index in [2.05, 4.69) is 24.1 Å². The van der Waals surface area contributed by atoms with Crippen LogP contribution in [0.5, 0.6) is 0 Å². The summed E-state index contributed by atoms with van der Waals surface area (Å²) >= 11 is 0. The zero-order valence-corrected chi connectivity index (χ0v) is 13.7. The van der Waals surface area contributed by atoms with Gasteiger partial charge in [0.25, 0.3) is 5.91 Å². The minimum Gasteiger partial charge on any atom is -0.339 e. The largest absolute Gasteiger partial charge is 0.339 e. The molecule has 0 spiro atoms. The maximum Gasteiger partial charge on any atom is 0.253 e. The zero-order chi connectivity index (χ0) is 16.7. The van der Waals surface area contributed by atoms with Gasteiger partial charge < -0.3 is 15.5 Å². The van der Waals surface area contributed by atoms with Crippen LogP contribution in [0.3, 0.4) is 0 Å². The molecule has 1 aromatic rings. The highest BCUT2D eigenvalue weighted by Crippen LogP contribution is 2.19. The Labute approximate surface area is 137 Å². The molecule has 0 radical (unpaired) electrons. The van der Waals surface area contributed by atoms with Gasteiger partial charge in [-0.25, -0.2) is 0 Å². The van der Waals surface area contributed by atoms with Crippen LogP contribution in [0.15, 0.2) is 36.9 Å². The molecule has 0 aromatic heterocycles. The highest BCUT2D eigenvalue weighted by atomic mass is 16.2. The second-order valence-corrected chi connectivity index (χ2v) is 6.02. The van der Waals surface area contributed by atoms with Gasteiger partial charge in [0.05, 0.1) is 6.54 Å². The predicted octanol–water partition coefficient (Wildman–Crippen LogP) is 2.27. The normalized spacial score (nSPS) is 15.3. The van der Waals surface area contributed by atoms with Gasteiger partial charge in [0.1, 0.15) is 0 Å². The number of carbonyl (C=O) groups excluding carboxylic acids is 2. The molecule has 0 bridgehead atoms. The second kappa shape index (κ2) is 8.48. The van der Waals surface area contributed by atoms with Gasteiger partial charge in [-0.15, -0.1) is 6.58 Å². The fraction of sp³-hybridized carbons (Fsp3) is 0.444. The van der Waals surface area contributed by atoms with Gasteiger partial charge in [-0.2, -0.15) is 0 Å². The summed E-state index contributed by atoms with van der Waals surface area (Å²) in [5.41, 5.74) is 1.27. The van der Waals surface area contributed by atoms with Crippen LogP contribution < -0.4 is 10.6 Å². The maximum absolute atomic E-state index is 12.5. The number of hydrogen-bond donors (Lipinski definition) is 2. The van der Waals surface area contributed by atoms with Gasteiger partial charge in [0, 0.05) is 30.9 Å². The second-order valence-electron chi connectivity index (χ2n) is 6.02. The number of carbonyl (C=O) groups is 2. The lowest BCUT2D eigenvalue weighted by Crippen LogP contribution is -2.37. The van der Waals surface area contributed by atoms with Gasteiger partial charge in [-0.3, -0.25) is 9.59 Å². The van der Waals surface area contributed by atoms with E-state index < -0.39 is 0 Å². The lowest BCUT2D eigenvalue weighted by molar-refractivity contribution is -0.115. The van der Waals surface area contributed by atoms with E-state index in [1.165, 1.54) is 0 Å². The molecule has 0 unspecified atom stereocenters. The molecule has 1 aliphatic rings. The topological polar surface area (TPSA) is 61.4 Å². The monoisotopic (exact) mass is 315 g/mol. The molecule has 5 nitrogen and oxygen atoms in total. The summed E-state index contributed by atoms with van der Waals surface area (Å²) < 4.78 is 0. The van der Waals surface area contributed by atoms with E-state index in [9.17, 15) is 9.59 Å². The first-order valence-corrected chi connectivity index (χ1v) is 8.11. The molecular weight excluding hydrogens is 290 g/mol. The Balaban J connectivity index is 1.94. The minimum absolute atomic E-state index is 0.0396. The summed E-state index contributed by atoms with van der Waals surface area (Å²) in [5.74, 6) is 0.591. The number of anilines is 1. The molecule has 1 heterocycles. The molecule has 0 atom stereocenters. The Hall–Kier alpha value is -2.14. The molecule has 1 aliphatic heterocycles. The zero-order valence-electron chi connectivity index (χ0n) is 13.7. The molecule has 1 saturated heterocycles. The fourth-order valence-electron chi connectivity index (χ4n) is 2.62. The highest BCUT2D eigenvalue weighted by Gasteiger charge is 2.21. The summed E-state index contributed by atoms with van der Waals surface area (Å²) in [7, 11) is 0. The molecule has 0 aliphatic carbocycles. The Bertz CT molecular complexity index is 563. The van der Waals surface area contributed by atoms with Crippen LogP contribution in [0.25, 0.3) is 0 Å². The van der Waals surface area contributed by atoms with E-state index in [4.69, 9.17) is 0 Å². The van der Waals surface area contributed by atoms with E-state index in [1.54, 1.807) is 30.3 Å². The summed E-state index contributed by atoms with van der Waals surface area (Å²) in [5, 5.41) is 5.74. The van der Waals surface area contributed by atoms with Crippen LogP contribution >= 0.6 is 0 Å². The van der Waals surface area contributed by atoms with E-state index >= 15 is 0 Å². The predicted molar refractivity (Wildman–Crippen MR) is 92.4 cm³/mol. The number of piperidine rings is 1. The highest BCUT2D eigenvalue weighted by molar-refractivity contribution is 5.97. The smallest absolute Gasteiger partial charge is 0.253 e. The molecule has 124 valence electrons. The number of rotatable bonds is 6. The molecule has 5 heteroatoms. The lowest BCUT2D eigenvalue weighted by Gasteiger charge is -2.30. The van der Waals surface area contributed by atoms with Gasteiger partial charge in [-0.1, -0.05) is 19.1 Å². The average Bonchev–Trinajstić information content (AvgIpc) is 2.55. The number of benzene rings is 1. The number of hydrogen-bond acceptors (Lipinski definition) is 3. The van der Waals surface area contributed by atoms with Crippen molar-refractivity contribution >= 4 is 17.5 Å². The Morgan fingerprint density at radius 1 is 1.35 bits per heavy atom. The summed E-state index contributed by atoms with van der Waals surface area (Å²) in [6.45, 7) is 8.22. The molecule has 0 saturated carbocycles. The van der Waals surface area contributed by atoms with E-state index in [1.807, 2.05) is 4.90 Å². The SMILES string of the molecule is C=CCNCC(=O)Nc1cccc(C(=O)N2CCC(C)CC2)c1. The van der Waals surface area contributed by atoms with Crippen LogP contribution in [-0.4, -0.2) is 42.9 Å². The fourth-order valence-corrected chi connectivity index (χ4v) is 2.62.